The van der Waals surface area contributed by atoms with E-state index in [9.17, 15) is 35.9 Å². The third kappa shape index (κ3) is 4.89. The van der Waals surface area contributed by atoms with Gasteiger partial charge in [0.25, 0.3) is 11.5 Å². The molecule has 1 amide bonds. The molecule has 164 valence electrons. The summed E-state index contributed by atoms with van der Waals surface area (Å²) in [6.07, 6.45) is -9.18. The number of rotatable bonds is 5. The number of pyridine rings is 2. The highest BCUT2D eigenvalue weighted by Gasteiger charge is 2.36. The van der Waals surface area contributed by atoms with E-state index in [1.165, 1.54) is 7.05 Å². The second kappa shape index (κ2) is 8.58. The van der Waals surface area contributed by atoms with E-state index in [0.717, 1.165) is 24.9 Å². The van der Waals surface area contributed by atoms with E-state index in [1.54, 1.807) is 6.92 Å². The molecule has 0 aliphatic carbocycles. The van der Waals surface area contributed by atoms with Gasteiger partial charge in [-0.1, -0.05) is 6.92 Å². The molecule has 0 atom stereocenters. The smallest absolute Gasteiger partial charge is 0.373 e. The van der Waals surface area contributed by atoms with Crippen LogP contribution in [-0.2, 0) is 19.4 Å². The molecule has 0 spiro atoms. The quantitative estimate of drug-likeness (QED) is 0.523. The van der Waals surface area contributed by atoms with Gasteiger partial charge >= 0.3 is 12.4 Å². The summed E-state index contributed by atoms with van der Waals surface area (Å²) in [4.78, 5) is 28.0. The van der Waals surface area contributed by atoms with Crippen LogP contribution in [0.2, 0.25) is 0 Å². The predicted molar refractivity (Wildman–Crippen MR) is 99.8 cm³/mol. The second-order valence-electron chi connectivity index (χ2n) is 5.89. The van der Waals surface area contributed by atoms with Crippen molar-refractivity contribution in [2.75, 3.05) is 23.4 Å². The van der Waals surface area contributed by atoms with E-state index < -0.39 is 34.9 Å². The van der Waals surface area contributed by atoms with Crippen molar-refractivity contribution in [3.8, 4) is 0 Å². The highest BCUT2D eigenvalue weighted by molar-refractivity contribution is 7.99. The molecule has 0 radical (unpaired) electrons. The minimum absolute atomic E-state index is 0.0864. The molecule has 0 saturated heterocycles. The summed E-state index contributed by atoms with van der Waals surface area (Å²) < 4.78 is 78.9. The van der Waals surface area contributed by atoms with Gasteiger partial charge in [-0.2, -0.15) is 26.3 Å². The molecule has 2 aromatic rings. The van der Waals surface area contributed by atoms with Crippen LogP contribution in [-0.4, -0.2) is 28.3 Å². The van der Waals surface area contributed by atoms with E-state index in [2.05, 4.69) is 15.6 Å². The molecule has 2 heterocycles. The average Bonchev–Trinajstić information content (AvgIpc) is 2.63. The van der Waals surface area contributed by atoms with Gasteiger partial charge < -0.3 is 10.6 Å². The van der Waals surface area contributed by atoms with Gasteiger partial charge in [0.05, 0.1) is 11.3 Å². The van der Waals surface area contributed by atoms with Crippen LogP contribution in [0.1, 0.15) is 28.5 Å². The Morgan fingerprint density at radius 1 is 1.17 bits per heavy atom. The van der Waals surface area contributed by atoms with Crippen molar-refractivity contribution in [1.82, 2.24) is 9.55 Å². The highest BCUT2D eigenvalue weighted by Crippen LogP contribution is 2.34. The van der Waals surface area contributed by atoms with Crippen LogP contribution in [0.15, 0.2) is 28.0 Å². The van der Waals surface area contributed by atoms with E-state index in [1.807, 2.05) is 0 Å². The summed E-state index contributed by atoms with van der Waals surface area (Å²) in [5.41, 5.74) is -4.68. The maximum Gasteiger partial charge on any atom is 0.421 e. The minimum Gasteiger partial charge on any atom is -0.373 e. The van der Waals surface area contributed by atoms with Gasteiger partial charge in [0, 0.05) is 25.2 Å². The zero-order chi connectivity index (χ0) is 22.9. The Morgan fingerprint density at radius 2 is 1.80 bits per heavy atom. The van der Waals surface area contributed by atoms with Crippen molar-refractivity contribution in [2.24, 2.45) is 7.05 Å². The summed E-state index contributed by atoms with van der Waals surface area (Å²) in [5.74, 6) is -0.829. The number of hydrogen-bond donors (Lipinski definition) is 2. The molecule has 0 bridgehead atoms. The number of aromatic nitrogens is 2. The lowest BCUT2D eigenvalue weighted by Crippen LogP contribution is -2.30. The average molecular weight is 454 g/mol. The van der Waals surface area contributed by atoms with Crippen LogP contribution >= 0.6 is 11.8 Å². The predicted octanol–water partition coefficient (Wildman–Crippen LogP) is 4.22. The fourth-order valence-corrected chi connectivity index (χ4v) is 3.36. The fourth-order valence-electron chi connectivity index (χ4n) is 2.56. The first-order valence-corrected chi connectivity index (χ1v) is 9.30. The third-order valence-electron chi connectivity index (χ3n) is 3.90. The van der Waals surface area contributed by atoms with Crippen molar-refractivity contribution < 1.29 is 31.1 Å². The van der Waals surface area contributed by atoms with Crippen LogP contribution in [0.4, 0.5) is 37.8 Å². The molecule has 0 unspecified atom stereocenters. The largest absolute Gasteiger partial charge is 0.421 e. The van der Waals surface area contributed by atoms with Gasteiger partial charge in [-0.25, -0.2) is 4.98 Å². The normalized spacial score (nSPS) is 12.0. The molecule has 0 fully saturated rings. The monoisotopic (exact) mass is 454 g/mol. The van der Waals surface area contributed by atoms with Crippen molar-refractivity contribution in [2.45, 2.75) is 24.2 Å². The SMILES string of the molecule is CCSc1cc(C(F)(F)F)cnc1C(=O)Nc1cc(C(F)(F)F)c(=O)n(C)c1NC. The highest BCUT2D eigenvalue weighted by atomic mass is 32.2. The van der Waals surface area contributed by atoms with Crippen LogP contribution < -0.4 is 16.2 Å². The molecule has 0 aromatic carbocycles. The van der Waals surface area contributed by atoms with Crippen molar-refractivity contribution in [3.63, 3.8) is 0 Å². The Labute approximate surface area is 170 Å². The van der Waals surface area contributed by atoms with Gasteiger partial charge in [-0.15, -0.1) is 11.8 Å². The van der Waals surface area contributed by atoms with Crippen LogP contribution in [0.25, 0.3) is 0 Å². The maximum atomic E-state index is 13.2. The zero-order valence-corrected chi connectivity index (χ0v) is 16.6. The molecule has 0 saturated carbocycles. The molecule has 2 rings (SSSR count). The topological polar surface area (TPSA) is 76.0 Å². The first-order valence-electron chi connectivity index (χ1n) is 8.31. The van der Waals surface area contributed by atoms with Gasteiger partial charge in [-0.3, -0.25) is 14.2 Å². The minimum atomic E-state index is -4.98. The van der Waals surface area contributed by atoms with E-state index in [0.29, 0.717) is 22.6 Å². The van der Waals surface area contributed by atoms with E-state index >= 15 is 0 Å². The van der Waals surface area contributed by atoms with Crippen molar-refractivity contribution >= 4 is 29.2 Å². The maximum absolute atomic E-state index is 13.2. The fraction of sp³-hybridized carbons (Fsp3) is 0.353. The number of alkyl halides is 6. The Balaban J connectivity index is 2.54. The van der Waals surface area contributed by atoms with E-state index in [-0.39, 0.29) is 22.1 Å². The number of nitrogens with zero attached hydrogens (tertiary/aromatic N) is 2. The lowest BCUT2D eigenvalue weighted by atomic mass is 10.2. The zero-order valence-electron chi connectivity index (χ0n) is 15.8. The Hall–Kier alpha value is -2.70. The van der Waals surface area contributed by atoms with E-state index in [4.69, 9.17) is 0 Å². The molecular formula is C17H16F6N4O2S. The summed E-state index contributed by atoms with van der Waals surface area (Å²) >= 11 is 0.920. The van der Waals surface area contributed by atoms with Crippen LogP contribution in [0.5, 0.6) is 0 Å². The van der Waals surface area contributed by atoms with Gasteiger partial charge in [0.1, 0.15) is 17.1 Å². The summed E-state index contributed by atoms with van der Waals surface area (Å²) in [5, 5.41) is 4.71. The third-order valence-corrected chi connectivity index (χ3v) is 4.81. The number of nitrogens with one attached hydrogen (secondary N) is 2. The molecule has 0 aliphatic rings. The van der Waals surface area contributed by atoms with Gasteiger partial charge in [0.2, 0.25) is 0 Å². The summed E-state index contributed by atoms with van der Waals surface area (Å²) in [6, 6.07) is 1.21. The van der Waals surface area contributed by atoms with Gasteiger partial charge in [0.15, 0.2) is 0 Å². The van der Waals surface area contributed by atoms with Crippen molar-refractivity contribution in [1.29, 1.82) is 0 Å². The lowest BCUT2D eigenvalue weighted by Gasteiger charge is -2.18. The molecule has 2 N–H and O–H groups in total. The first kappa shape index (κ1) is 23.6. The Morgan fingerprint density at radius 3 is 2.30 bits per heavy atom. The molecule has 2 aromatic heterocycles. The number of thioether (sulfide) groups is 1. The Bertz CT molecular complexity index is 1020. The van der Waals surface area contributed by atoms with Crippen molar-refractivity contribution in [3.05, 3.63) is 45.5 Å². The molecular weight excluding hydrogens is 438 g/mol. The second-order valence-corrected chi connectivity index (χ2v) is 7.19. The molecule has 13 heteroatoms. The number of amides is 1. The number of halogens is 6. The number of carbonyl (C=O) groups excluding carboxylic acids is 1. The summed E-state index contributed by atoms with van der Waals surface area (Å²) in [7, 11) is 2.40. The van der Waals surface area contributed by atoms with Crippen LogP contribution in [0, 0.1) is 0 Å². The Kier molecular flexibility index (Phi) is 6.74. The standard InChI is InChI=1S/C17H16F6N4O2S/c1-4-30-11-5-8(16(18,19)20)7-25-12(11)14(28)26-10-6-9(17(21,22)23)15(29)27(3)13(10)24-2/h5-7,24H,4H2,1-3H3,(H,26,28). The summed E-state index contributed by atoms with van der Waals surface area (Å²) in [6.45, 7) is 1.65. The number of anilines is 2. The number of carbonyl (C=O) groups is 1. The molecule has 6 nitrogen and oxygen atoms in total. The lowest BCUT2D eigenvalue weighted by molar-refractivity contribution is -0.139. The number of hydrogen-bond acceptors (Lipinski definition) is 5. The first-order chi connectivity index (χ1) is 13.8. The van der Waals surface area contributed by atoms with Crippen LogP contribution in [0.3, 0.4) is 0 Å². The molecule has 30 heavy (non-hydrogen) atoms. The van der Waals surface area contributed by atoms with Gasteiger partial charge in [-0.05, 0) is 17.9 Å². The molecule has 0 aliphatic heterocycles.